The van der Waals surface area contributed by atoms with Crippen molar-refractivity contribution in [2.24, 2.45) is 0 Å². The SMILES string of the molecule is N#Cc1ccc(S(=N)(=O)c2cccc(Br)c2)c(C2CC2)c1. The molecule has 3 nitrogen and oxygen atoms in total. The van der Waals surface area contributed by atoms with E-state index in [9.17, 15) is 4.21 Å². The molecule has 0 bridgehead atoms. The summed E-state index contributed by atoms with van der Waals surface area (Å²) in [6, 6.07) is 14.3. The Kier molecular flexibility index (Phi) is 3.60. The second-order valence-corrected chi connectivity index (χ2v) is 8.09. The highest BCUT2D eigenvalue weighted by atomic mass is 79.9. The lowest BCUT2D eigenvalue weighted by Crippen LogP contribution is -2.04. The summed E-state index contributed by atoms with van der Waals surface area (Å²) in [4.78, 5) is 1.03. The third-order valence-electron chi connectivity index (χ3n) is 3.59. The zero-order valence-electron chi connectivity index (χ0n) is 11.2. The van der Waals surface area contributed by atoms with Crippen LogP contribution in [0.2, 0.25) is 0 Å². The van der Waals surface area contributed by atoms with Crippen molar-refractivity contribution in [2.75, 3.05) is 0 Å². The van der Waals surface area contributed by atoms with Crippen LogP contribution >= 0.6 is 15.9 Å². The molecule has 0 amide bonds. The van der Waals surface area contributed by atoms with Crippen LogP contribution in [0.3, 0.4) is 0 Å². The molecule has 1 aliphatic carbocycles. The van der Waals surface area contributed by atoms with E-state index in [4.69, 9.17) is 10.0 Å². The van der Waals surface area contributed by atoms with Crippen LogP contribution in [-0.4, -0.2) is 4.21 Å². The number of benzene rings is 2. The molecule has 1 aliphatic rings. The Morgan fingerprint density at radius 3 is 2.62 bits per heavy atom. The van der Waals surface area contributed by atoms with Crippen LogP contribution in [0.15, 0.2) is 56.7 Å². The monoisotopic (exact) mass is 360 g/mol. The predicted octanol–water partition coefficient (Wildman–Crippen LogP) is 4.66. The maximum Gasteiger partial charge on any atom is 0.101 e. The van der Waals surface area contributed by atoms with Crippen LogP contribution in [0.5, 0.6) is 0 Å². The third kappa shape index (κ3) is 2.74. The van der Waals surface area contributed by atoms with Crippen molar-refractivity contribution < 1.29 is 4.21 Å². The third-order valence-corrected chi connectivity index (χ3v) is 6.00. The highest BCUT2D eigenvalue weighted by molar-refractivity contribution is 9.10. The number of hydrogen-bond donors (Lipinski definition) is 1. The molecule has 0 aromatic heterocycles. The van der Waals surface area contributed by atoms with Crippen LogP contribution in [0.4, 0.5) is 0 Å². The molecule has 0 heterocycles. The van der Waals surface area contributed by atoms with Crippen molar-refractivity contribution >= 4 is 25.7 Å². The molecule has 2 aromatic carbocycles. The minimum absolute atomic E-state index is 0.339. The van der Waals surface area contributed by atoms with Crippen LogP contribution < -0.4 is 0 Å². The van der Waals surface area contributed by atoms with E-state index >= 15 is 0 Å². The van der Waals surface area contributed by atoms with Gasteiger partial charge in [0.25, 0.3) is 0 Å². The zero-order valence-corrected chi connectivity index (χ0v) is 13.6. The van der Waals surface area contributed by atoms with Gasteiger partial charge in [0.05, 0.1) is 21.4 Å². The maximum absolute atomic E-state index is 13.1. The van der Waals surface area contributed by atoms with Crippen LogP contribution in [0.25, 0.3) is 0 Å². The molecule has 1 fully saturated rings. The Bertz CT molecular complexity index is 849. The largest absolute Gasteiger partial charge is 0.245 e. The molecule has 1 unspecified atom stereocenters. The van der Waals surface area contributed by atoms with Gasteiger partial charge in [-0.3, -0.25) is 0 Å². The van der Waals surface area contributed by atoms with E-state index in [-0.39, 0.29) is 0 Å². The normalized spacial score (nSPS) is 17.0. The summed E-state index contributed by atoms with van der Waals surface area (Å²) in [6.07, 6.45) is 2.08. The van der Waals surface area contributed by atoms with Crippen LogP contribution in [0, 0.1) is 16.1 Å². The van der Waals surface area contributed by atoms with E-state index in [1.54, 1.807) is 36.4 Å². The summed E-state index contributed by atoms with van der Waals surface area (Å²) >= 11 is 3.36. The van der Waals surface area contributed by atoms with E-state index in [0.29, 0.717) is 21.3 Å². The lowest BCUT2D eigenvalue weighted by atomic mass is 10.1. The van der Waals surface area contributed by atoms with Gasteiger partial charge in [0.15, 0.2) is 0 Å². The molecule has 1 N–H and O–H groups in total. The summed E-state index contributed by atoms with van der Waals surface area (Å²) in [5.41, 5.74) is 1.46. The number of rotatable bonds is 3. The molecular formula is C16H13BrN2OS. The lowest BCUT2D eigenvalue weighted by molar-refractivity contribution is 0.673. The average molecular weight is 361 g/mol. The maximum atomic E-state index is 13.1. The highest BCUT2D eigenvalue weighted by Crippen LogP contribution is 2.44. The molecular weight excluding hydrogens is 348 g/mol. The van der Waals surface area contributed by atoms with Crippen molar-refractivity contribution in [1.29, 1.82) is 10.0 Å². The first kappa shape index (κ1) is 14.3. The fraction of sp³-hybridized carbons (Fsp3) is 0.188. The lowest BCUT2D eigenvalue weighted by Gasteiger charge is -2.13. The first-order valence-electron chi connectivity index (χ1n) is 6.61. The molecule has 0 radical (unpaired) electrons. The molecule has 2 aromatic rings. The quantitative estimate of drug-likeness (QED) is 0.864. The number of nitrogens with one attached hydrogen (secondary N) is 1. The number of hydrogen-bond acceptors (Lipinski definition) is 3. The second kappa shape index (κ2) is 5.28. The molecule has 106 valence electrons. The summed E-state index contributed by atoms with van der Waals surface area (Å²) in [5.74, 6) is 0.339. The number of nitriles is 1. The van der Waals surface area contributed by atoms with Crippen LogP contribution in [0.1, 0.15) is 29.9 Å². The van der Waals surface area contributed by atoms with Gasteiger partial charge >= 0.3 is 0 Å². The smallest absolute Gasteiger partial charge is 0.101 e. The average Bonchev–Trinajstić information content (AvgIpc) is 3.31. The summed E-state index contributed by atoms with van der Waals surface area (Å²) in [6.45, 7) is 0. The number of halogens is 1. The molecule has 0 aliphatic heterocycles. The van der Waals surface area contributed by atoms with Gasteiger partial charge in [0, 0.05) is 4.47 Å². The molecule has 5 heteroatoms. The fourth-order valence-corrected chi connectivity index (χ4v) is 4.55. The molecule has 21 heavy (non-hydrogen) atoms. The molecule has 1 atom stereocenters. The van der Waals surface area contributed by atoms with Gasteiger partial charge in [-0.15, -0.1) is 0 Å². The molecule has 0 spiro atoms. The van der Waals surface area contributed by atoms with Crippen molar-refractivity contribution in [3.8, 4) is 6.07 Å². The molecule has 3 rings (SSSR count). The van der Waals surface area contributed by atoms with Crippen molar-refractivity contribution in [3.63, 3.8) is 0 Å². The van der Waals surface area contributed by atoms with E-state index < -0.39 is 9.73 Å². The Balaban J connectivity index is 2.17. The van der Waals surface area contributed by atoms with Gasteiger partial charge < -0.3 is 0 Å². The standard InChI is InChI=1S/C16H13BrN2OS/c17-13-2-1-3-14(9-13)21(19,20)16-7-4-11(10-18)8-15(16)12-5-6-12/h1-4,7-9,12,19H,5-6H2. The van der Waals surface area contributed by atoms with Crippen molar-refractivity contribution in [1.82, 2.24) is 0 Å². The minimum atomic E-state index is -3.06. The minimum Gasteiger partial charge on any atom is -0.245 e. The van der Waals surface area contributed by atoms with E-state index in [1.165, 1.54) is 0 Å². The van der Waals surface area contributed by atoms with Gasteiger partial charge in [0.2, 0.25) is 0 Å². The zero-order chi connectivity index (χ0) is 15.0. The van der Waals surface area contributed by atoms with E-state index in [1.807, 2.05) is 6.07 Å². The van der Waals surface area contributed by atoms with Gasteiger partial charge in [-0.2, -0.15) is 5.26 Å². The highest BCUT2D eigenvalue weighted by Gasteiger charge is 2.30. The van der Waals surface area contributed by atoms with Gasteiger partial charge in [-0.05, 0) is 60.7 Å². The molecule has 1 saturated carbocycles. The Labute approximate surface area is 132 Å². The second-order valence-electron chi connectivity index (χ2n) is 5.15. The summed E-state index contributed by atoms with van der Waals surface area (Å²) in [7, 11) is -3.06. The van der Waals surface area contributed by atoms with Gasteiger partial charge in [-0.1, -0.05) is 22.0 Å². The predicted molar refractivity (Wildman–Crippen MR) is 84.7 cm³/mol. The van der Waals surface area contributed by atoms with Gasteiger partial charge in [-0.25, -0.2) is 8.99 Å². The topological polar surface area (TPSA) is 64.7 Å². The van der Waals surface area contributed by atoms with Crippen LogP contribution in [-0.2, 0) is 9.73 Å². The van der Waals surface area contributed by atoms with E-state index in [2.05, 4.69) is 22.0 Å². The number of nitrogens with zero attached hydrogens (tertiary/aromatic N) is 1. The van der Waals surface area contributed by atoms with E-state index in [0.717, 1.165) is 22.9 Å². The summed E-state index contributed by atoms with van der Waals surface area (Å²) in [5, 5.41) is 9.04. The van der Waals surface area contributed by atoms with Crippen molar-refractivity contribution in [3.05, 3.63) is 58.1 Å². The first-order valence-corrected chi connectivity index (χ1v) is 8.96. The molecule has 0 saturated heterocycles. The Morgan fingerprint density at radius 2 is 2.00 bits per heavy atom. The fourth-order valence-electron chi connectivity index (χ4n) is 2.37. The van der Waals surface area contributed by atoms with Gasteiger partial charge in [0.1, 0.15) is 9.73 Å². The Morgan fingerprint density at radius 1 is 1.24 bits per heavy atom. The first-order chi connectivity index (χ1) is 10.0. The van der Waals surface area contributed by atoms with Crippen molar-refractivity contribution in [2.45, 2.75) is 28.6 Å². The summed E-state index contributed by atoms with van der Waals surface area (Å²) < 4.78 is 22.3. The Hall–Kier alpha value is -1.64.